The van der Waals surface area contributed by atoms with Crippen LogP contribution in [0.15, 0.2) is 29.2 Å². The molecule has 1 aromatic rings. The summed E-state index contributed by atoms with van der Waals surface area (Å²) in [6.07, 6.45) is 4.50. The number of rotatable bonds is 3. The fourth-order valence-corrected chi connectivity index (χ4v) is 4.48. The van der Waals surface area contributed by atoms with Crippen LogP contribution >= 0.6 is 23.5 Å². The first kappa shape index (κ1) is 14.3. The van der Waals surface area contributed by atoms with Gasteiger partial charge in [-0.1, -0.05) is 12.1 Å². The number of nitrogens with zero attached hydrogens (tertiary/aromatic N) is 1. The summed E-state index contributed by atoms with van der Waals surface area (Å²) in [5, 5.41) is 3.37. The number of carbonyl (C=O) groups excluding carboxylic acids is 1. The van der Waals surface area contributed by atoms with Gasteiger partial charge in [-0.3, -0.25) is 10.1 Å². The van der Waals surface area contributed by atoms with Gasteiger partial charge in [-0.05, 0) is 42.5 Å². The topological polar surface area (TPSA) is 32.3 Å². The predicted octanol–water partition coefficient (Wildman–Crippen LogP) is 2.73. The maximum atomic E-state index is 12.2. The highest BCUT2D eigenvalue weighted by Gasteiger charge is 2.37. The van der Waals surface area contributed by atoms with E-state index in [0.717, 1.165) is 12.2 Å². The van der Waals surface area contributed by atoms with Crippen molar-refractivity contribution in [3.05, 3.63) is 29.8 Å². The molecule has 3 rings (SSSR count). The molecule has 1 aromatic carbocycles. The van der Waals surface area contributed by atoms with Gasteiger partial charge in [0.05, 0.1) is 6.54 Å². The fourth-order valence-electron chi connectivity index (χ4n) is 2.94. The Balaban J connectivity index is 1.80. The van der Waals surface area contributed by atoms with Crippen molar-refractivity contribution in [3.8, 4) is 0 Å². The first-order valence-corrected chi connectivity index (χ1v) is 9.44. The van der Waals surface area contributed by atoms with E-state index in [1.807, 2.05) is 11.8 Å². The molecule has 3 nitrogen and oxygen atoms in total. The van der Waals surface area contributed by atoms with Gasteiger partial charge in [-0.15, -0.1) is 11.8 Å². The molecule has 2 heterocycles. The van der Waals surface area contributed by atoms with Crippen LogP contribution in [-0.2, 0) is 4.79 Å². The minimum Gasteiger partial charge on any atom is -0.318 e. The van der Waals surface area contributed by atoms with Gasteiger partial charge in [0, 0.05) is 16.7 Å². The van der Waals surface area contributed by atoms with Crippen LogP contribution in [0.25, 0.3) is 0 Å². The van der Waals surface area contributed by atoms with Gasteiger partial charge in [0.1, 0.15) is 6.17 Å². The van der Waals surface area contributed by atoms with E-state index >= 15 is 0 Å². The number of amides is 1. The van der Waals surface area contributed by atoms with Crippen LogP contribution < -0.4 is 5.32 Å². The standard InChI is InChI=1S/C15H20N2OS2/c1-19-13-6-4-11(5-7-13)15-16-9-14(18)17(15)12-3-2-8-20-10-12/h4-7,12,15-16H,2-3,8-10H2,1H3. The van der Waals surface area contributed by atoms with Crippen molar-refractivity contribution in [1.82, 2.24) is 10.2 Å². The van der Waals surface area contributed by atoms with E-state index in [1.54, 1.807) is 11.8 Å². The molecule has 0 aromatic heterocycles. The summed E-state index contributed by atoms with van der Waals surface area (Å²) in [4.78, 5) is 15.6. The number of benzene rings is 1. The van der Waals surface area contributed by atoms with Crippen molar-refractivity contribution < 1.29 is 4.79 Å². The van der Waals surface area contributed by atoms with Crippen LogP contribution in [0.3, 0.4) is 0 Å². The lowest BCUT2D eigenvalue weighted by molar-refractivity contribution is -0.130. The van der Waals surface area contributed by atoms with Crippen LogP contribution in [0.1, 0.15) is 24.6 Å². The van der Waals surface area contributed by atoms with Gasteiger partial charge in [0.2, 0.25) is 5.91 Å². The lowest BCUT2D eigenvalue weighted by atomic mass is 10.1. The lowest BCUT2D eigenvalue weighted by Gasteiger charge is -2.35. The second-order valence-corrected chi connectivity index (χ2v) is 7.26. The van der Waals surface area contributed by atoms with Gasteiger partial charge in [-0.25, -0.2) is 0 Å². The molecule has 2 fully saturated rings. The summed E-state index contributed by atoms with van der Waals surface area (Å²) in [6.45, 7) is 0.468. The summed E-state index contributed by atoms with van der Waals surface area (Å²) in [6, 6.07) is 8.95. The van der Waals surface area contributed by atoms with E-state index in [9.17, 15) is 4.79 Å². The lowest BCUT2D eigenvalue weighted by Crippen LogP contribution is -2.42. The average Bonchev–Trinajstić information content (AvgIpc) is 2.90. The highest BCUT2D eigenvalue weighted by Crippen LogP contribution is 2.31. The van der Waals surface area contributed by atoms with Crippen LogP contribution in [0, 0.1) is 0 Å². The minimum absolute atomic E-state index is 0.0575. The molecule has 0 radical (unpaired) electrons. The van der Waals surface area contributed by atoms with E-state index in [1.165, 1.54) is 22.6 Å². The van der Waals surface area contributed by atoms with Gasteiger partial charge in [0.25, 0.3) is 0 Å². The summed E-state index contributed by atoms with van der Waals surface area (Å²) in [5.74, 6) is 2.56. The number of hydrogen-bond acceptors (Lipinski definition) is 4. The summed E-state index contributed by atoms with van der Waals surface area (Å²) >= 11 is 3.72. The molecule has 1 amide bonds. The molecule has 0 bridgehead atoms. The zero-order valence-electron chi connectivity index (χ0n) is 11.7. The summed E-state index contributed by atoms with van der Waals surface area (Å²) in [5.41, 5.74) is 1.20. The molecule has 2 aliphatic rings. The largest absolute Gasteiger partial charge is 0.318 e. The Labute approximate surface area is 128 Å². The SMILES string of the molecule is CSc1ccc(C2NCC(=O)N2C2CCCSC2)cc1. The number of hydrogen-bond donors (Lipinski definition) is 1. The van der Waals surface area contributed by atoms with Gasteiger partial charge in [-0.2, -0.15) is 11.8 Å². The van der Waals surface area contributed by atoms with Crippen molar-refractivity contribution in [2.45, 2.75) is 29.9 Å². The third-order valence-electron chi connectivity index (χ3n) is 3.97. The quantitative estimate of drug-likeness (QED) is 0.870. The van der Waals surface area contributed by atoms with Gasteiger partial charge >= 0.3 is 0 Å². The van der Waals surface area contributed by atoms with Crippen molar-refractivity contribution >= 4 is 29.4 Å². The average molecular weight is 308 g/mol. The van der Waals surface area contributed by atoms with Crippen molar-refractivity contribution in [2.75, 3.05) is 24.3 Å². The highest BCUT2D eigenvalue weighted by atomic mass is 32.2. The zero-order chi connectivity index (χ0) is 13.9. The van der Waals surface area contributed by atoms with E-state index < -0.39 is 0 Å². The molecule has 2 aliphatic heterocycles. The van der Waals surface area contributed by atoms with Crippen LogP contribution in [0.4, 0.5) is 0 Å². The molecule has 1 N–H and O–H groups in total. The van der Waals surface area contributed by atoms with Crippen LogP contribution in [-0.4, -0.2) is 41.2 Å². The zero-order valence-corrected chi connectivity index (χ0v) is 13.3. The Kier molecular flexibility index (Phi) is 4.58. The normalized spacial score (nSPS) is 27.1. The highest BCUT2D eigenvalue weighted by molar-refractivity contribution is 7.99. The summed E-state index contributed by atoms with van der Waals surface area (Å²) < 4.78 is 0. The van der Waals surface area contributed by atoms with Gasteiger partial charge < -0.3 is 4.90 Å². The number of nitrogens with one attached hydrogen (secondary N) is 1. The van der Waals surface area contributed by atoms with E-state index in [0.29, 0.717) is 12.6 Å². The predicted molar refractivity (Wildman–Crippen MR) is 86.2 cm³/mol. The summed E-state index contributed by atoms with van der Waals surface area (Å²) in [7, 11) is 0. The number of carbonyl (C=O) groups is 1. The molecule has 2 saturated heterocycles. The molecular weight excluding hydrogens is 288 g/mol. The third-order valence-corrected chi connectivity index (χ3v) is 5.92. The molecule has 2 unspecified atom stereocenters. The Hall–Kier alpha value is -0.650. The minimum atomic E-state index is 0.0575. The monoisotopic (exact) mass is 308 g/mol. The van der Waals surface area contributed by atoms with Crippen molar-refractivity contribution in [1.29, 1.82) is 0 Å². The van der Waals surface area contributed by atoms with E-state index in [4.69, 9.17) is 0 Å². The Bertz CT molecular complexity index is 471. The molecule has 0 saturated carbocycles. The first-order chi connectivity index (χ1) is 9.79. The van der Waals surface area contributed by atoms with Gasteiger partial charge in [0.15, 0.2) is 0 Å². The fraction of sp³-hybridized carbons (Fsp3) is 0.533. The number of thioether (sulfide) groups is 2. The molecule has 5 heteroatoms. The molecule has 2 atom stereocenters. The smallest absolute Gasteiger partial charge is 0.238 e. The Morgan fingerprint density at radius 3 is 2.80 bits per heavy atom. The molecular formula is C15H20N2OS2. The third kappa shape index (κ3) is 2.85. The molecule has 108 valence electrons. The van der Waals surface area contributed by atoms with Crippen molar-refractivity contribution in [2.24, 2.45) is 0 Å². The van der Waals surface area contributed by atoms with E-state index in [-0.39, 0.29) is 12.1 Å². The molecule has 20 heavy (non-hydrogen) atoms. The Morgan fingerprint density at radius 2 is 2.15 bits per heavy atom. The maximum Gasteiger partial charge on any atom is 0.238 e. The molecule has 0 aliphatic carbocycles. The second-order valence-electron chi connectivity index (χ2n) is 5.23. The van der Waals surface area contributed by atoms with Crippen LogP contribution in [0.5, 0.6) is 0 Å². The van der Waals surface area contributed by atoms with Crippen LogP contribution in [0.2, 0.25) is 0 Å². The maximum absolute atomic E-state index is 12.2. The molecule has 0 spiro atoms. The van der Waals surface area contributed by atoms with Crippen molar-refractivity contribution in [3.63, 3.8) is 0 Å². The Morgan fingerprint density at radius 1 is 1.35 bits per heavy atom. The second kappa shape index (κ2) is 6.41. The first-order valence-electron chi connectivity index (χ1n) is 7.06. The van der Waals surface area contributed by atoms with E-state index in [2.05, 4.69) is 40.7 Å².